The van der Waals surface area contributed by atoms with Crippen LogP contribution in [-0.2, 0) is 16.4 Å². The second kappa shape index (κ2) is 6.72. The number of piperidine rings is 1. The van der Waals surface area contributed by atoms with Gasteiger partial charge in [0.05, 0.1) is 9.92 Å². The van der Waals surface area contributed by atoms with E-state index in [0.29, 0.717) is 41.2 Å². The number of halogens is 1. The van der Waals surface area contributed by atoms with Gasteiger partial charge in [-0.15, -0.1) is 0 Å². The third-order valence-corrected chi connectivity index (χ3v) is 7.56. The van der Waals surface area contributed by atoms with Crippen LogP contribution >= 0.6 is 11.6 Å². The maximum absolute atomic E-state index is 13.0. The van der Waals surface area contributed by atoms with E-state index in [1.807, 2.05) is 6.92 Å². The number of ether oxygens (including phenoxy) is 1. The third kappa shape index (κ3) is 3.68. The average Bonchev–Trinajstić information content (AvgIpc) is 3.33. The van der Waals surface area contributed by atoms with Crippen LogP contribution in [0.2, 0.25) is 5.02 Å². The molecule has 1 unspecified atom stereocenters. The van der Waals surface area contributed by atoms with Gasteiger partial charge in [0.15, 0.2) is 0 Å². The molecule has 0 bridgehead atoms. The Morgan fingerprint density at radius 3 is 2.64 bits per heavy atom. The molecule has 5 nitrogen and oxygen atoms in total. The van der Waals surface area contributed by atoms with Gasteiger partial charge in [-0.1, -0.05) is 11.6 Å². The van der Waals surface area contributed by atoms with Gasteiger partial charge >= 0.3 is 0 Å². The van der Waals surface area contributed by atoms with E-state index >= 15 is 0 Å². The van der Waals surface area contributed by atoms with Gasteiger partial charge in [-0.25, -0.2) is 8.42 Å². The minimum absolute atomic E-state index is 0.0405. The molecular weight excluding hydrogens is 360 g/mol. The van der Waals surface area contributed by atoms with Crippen LogP contribution in [-0.4, -0.2) is 44.5 Å². The lowest BCUT2D eigenvalue weighted by molar-refractivity contribution is 0.255. The zero-order chi connectivity index (χ0) is 17.6. The van der Waals surface area contributed by atoms with Crippen LogP contribution in [0.15, 0.2) is 17.0 Å². The topological polar surface area (TPSA) is 58.6 Å². The van der Waals surface area contributed by atoms with Gasteiger partial charge in [0, 0.05) is 31.1 Å². The predicted molar refractivity (Wildman–Crippen MR) is 97.8 cm³/mol. The first-order chi connectivity index (χ1) is 11.9. The minimum atomic E-state index is -3.50. The highest BCUT2D eigenvalue weighted by Gasteiger charge is 2.32. The van der Waals surface area contributed by atoms with Crippen LogP contribution in [0.4, 0.5) is 0 Å². The van der Waals surface area contributed by atoms with Gasteiger partial charge in [-0.2, -0.15) is 4.31 Å². The van der Waals surface area contributed by atoms with Crippen molar-refractivity contribution < 1.29 is 13.2 Å². The van der Waals surface area contributed by atoms with Crippen molar-refractivity contribution in [3.63, 3.8) is 0 Å². The molecule has 1 saturated carbocycles. The van der Waals surface area contributed by atoms with E-state index in [4.69, 9.17) is 16.3 Å². The number of rotatable bonds is 5. The maximum Gasteiger partial charge on any atom is 0.243 e. The largest absolute Gasteiger partial charge is 0.489 e. The van der Waals surface area contributed by atoms with E-state index in [9.17, 15) is 8.42 Å². The predicted octanol–water partition coefficient (Wildman–Crippen LogP) is 2.82. The summed E-state index contributed by atoms with van der Waals surface area (Å²) in [6.45, 7) is 4.17. The van der Waals surface area contributed by atoms with Crippen LogP contribution in [0, 0.1) is 5.92 Å². The molecule has 1 atom stereocenters. The smallest absolute Gasteiger partial charge is 0.243 e. The zero-order valence-corrected chi connectivity index (χ0v) is 16.1. The second-order valence-electron chi connectivity index (χ2n) is 7.56. The van der Waals surface area contributed by atoms with Crippen molar-refractivity contribution in [3.05, 3.63) is 22.7 Å². The lowest BCUT2D eigenvalue weighted by Crippen LogP contribution is -2.45. The van der Waals surface area contributed by atoms with E-state index < -0.39 is 10.0 Å². The molecule has 1 aliphatic carbocycles. The van der Waals surface area contributed by atoms with Crippen LogP contribution in [0.1, 0.15) is 38.2 Å². The summed E-state index contributed by atoms with van der Waals surface area (Å²) in [6.07, 6.45) is 5.14. The summed E-state index contributed by atoms with van der Waals surface area (Å²) < 4.78 is 33.3. The Hall–Kier alpha value is -0.820. The minimum Gasteiger partial charge on any atom is -0.489 e. The molecule has 138 valence electrons. The summed E-state index contributed by atoms with van der Waals surface area (Å²) in [6, 6.07) is 3.70. The summed E-state index contributed by atoms with van der Waals surface area (Å²) in [4.78, 5) is 0.290. The molecule has 3 aliphatic rings. The first-order valence-corrected chi connectivity index (χ1v) is 11.0. The molecular formula is C18H25ClN2O3S. The number of benzene rings is 1. The molecule has 0 amide bonds. The highest BCUT2D eigenvalue weighted by atomic mass is 35.5. The molecule has 7 heteroatoms. The first-order valence-electron chi connectivity index (χ1n) is 9.16. The summed E-state index contributed by atoms with van der Waals surface area (Å²) >= 11 is 6.27. The summed E-state index contributed by atoms with van der Waals surface area (Å²) in [5.74, 6) is 1.48. The highest BCUT2D eigenvalue weighted by molar-refractivity contribution is 7.89. The van der Waals surface area contributed by atoms with Crippen LogP contribution in [0.5, 0.6) is 5.75 Å². The van der Waals surface area contributed by atoms with Gasteiger partial charge in [-0.05, 0) is 57.2 Å². The molecule has 0 spiro atoms. The standard InChI is InChI=1S/C18H25ClN2O3S/c1-12-8-14-9-16(10-17(19)18(14)24-12)25(22,23)21-6-4-15(5-7-21)20-11-13-2-3-13/h9-10,12-13,15,20H,2-8,11H2,1H3. The Morgan fingerprint density at radius 1 is 1.24 bits per heavy atom. The highest BCUT2D eigenvalue weighted by Crippen LogP contribution is 2.38. The fourth-order valence-electron chi connectivity index (χ4n) is 3.71. The number of sulfonamides is 1. The Kier molecular flexibility index (Phi) is 4.73. The zero-order valence-electron chi connectivity index (χ0n) is 14.5. The van der Waals surface area contributed by atoms with Crippen molar-refractivity contribution in [2.45, 2.75) is 56.1 Å². The second-order valence-corrected chi connectivity index (χ2v) is 9.90. The van der Waals surface area contributed by atoms with Crippen molar-refractivity contribution in [3.8, 4) is 5.75 Å². The van der Waals surface area contributed by atoms with Crippen molar-refractivity contribution in [2.24, 2.45) is 5.92 Å². The van der Waals surface area contributed by atoms with Crippen LogP contribution in [0.25, 0.3) is 0 Å². The molecule has 0 radical (unpaired) electrons. The normalized spacial score (nSPS) is 25.0. The Balaban J connectivity index is 1.45. The molecule has 0 aromatic heterocycles. The number of nitrogens with one attached hydrogen (secondary N) is 1. The lowest BCUT2D eigenvalue weighted by atomic mass is 10.1. The number of hydrogen-bond donors (Lipinski definition) is 1. The maximum atomic E-state index is 13.0. The molecule has 25 heavy (non-hydrogen) atoms. The molecule has 2 aliphatic heterocycles. The molecule has 2 fully saturated rings. The summed E-state index contributed by atoms with van der Waals surface area (Å²) in [5.41, 5.74) is 0.888. The molecule has 1 saturated heterocycles. The van der Waals surface area contributed by atoms with Gasteiger partial charge in [-0.3, -0.25) is 0 Å². The van der Waals surface area contributed by atoms with Gasteiger partial charge in [0.1, 0.15) is 11.9 Å². The van der Waals surface area contributed by atoms with E-state index in [2.05, 4.69) is 5.32 Å². The third-order valence-electron chi connectivity index (χ3n) is 5.40. The average molecular weight is 385 g/mol. The number of fused-ring (bicyclic) bond motifs is 1. The molecule has 1 aromatic rings. The van der Waals surface area contributed by atoms with E-state index in [-0.39, 0.29) is 6.10 Å². The van der Waals surface area contributed by atoms with Crippen molar-refractivity contribution in [1.29, 1.82) is 0 Å². The number of hydrogen-bond acceptors (Lipinski definition) is 4. The van der Waals surface area contributed by atoms with Crippen molar-refractivity contribution in [2.75, 3.05) is 19.6 Å². The Bertz CT molecular complexity index is 756. The fraction of sp³-hybridized carbons (Fsp3) is 0.667. The number of nitrogens with zero attached hydrogens (tertiary/aromatic N) is 1. The van der Waals surface area contributed by atoms with Gasteiger partial charge in [0.2, 0.25) is 10.0 Å². The molecule has 1 aromatic carbocycles. The quantitative estimate of drug-likeness (QED) is 0.848. The first kappa shape index (κ1) is 17.6. The molecule has 4 rings (SSSR count). The molecule has 1 N–H and O–H groups in total. The fourth-order valence-corrected chi connectivity index (χ4v) is 5.61. The molecule has 2 heterocycles. The summed E-state index contributed by atoms with van der Waals surface area (Å²) in [7, 11) is -3.50. The van der Waals surface area contributed by atoms with Crippen LogP contribution < -0.4 is 10.1 Å². The van der Waals surface area contributed by atoms with Crippen molar-refractivity contribution in [1.82, 2.24) is 9.62 Å². The SMILES string of the molecule is CC1Cc2cc(S(=O)(=O)N3CCC(NCC4CC4)CC3)cc(Cl)c2O1. The van der Waals surface area contributed by atoms with Crippen LogP contribution in [0.3, 0.4) is 0 Å². The Morgan fingerprint density at radius 2 is 1.96 bits per heavy atom. The lowest BCUT2D eigenvalue weighted by Gasteiger charge is -2.32. The summed E-state index contributed by atoms with van der Waals surface area (Å²) in [5, 5.41) is 3.97. The van der Waals surface area contributed by atoms with Crippen molar-refractivity contribution >= 4 is 21.6 Å². The van der Waals surface area contributed by atoms with E-state index in [1.54, 1.807) is 10.4 Å². The van der Waals surface area contributed by atoms with E-state index in [0.717, 1.165) is 30.9 Å². The Labute approximate surface area is 154 Å². The van der Waals surface area contributed by atoms with E-state index in [1.165, 1.54) is 18.9 Å². The monoisotopic (exact) mass is 384 g/mol. The van der Waals surface area contributed by atoms with Gasteiger partial charge in [0.25, 0.3) is 0 Å². The van der Waals surface area contributed by atoms with Gasteiger partial charge < -0.3 is 10.1 Å².